The molecule has 2 aliphatic heterocycles. The topological polar surface area (TPSA) is 65.0 Å². The summed E-state index contributed by atoms with van der Waals surface area (Å²) >= 11 is 11.6. The molecular formula is C27H25Cl2F4NO4S. The molecule has 4 rings (SSSR count). The summed E-state index contributed by atoms with van der Waals surface area (Å²) in [5, 5.41) is 2.62. The molecule has 0 fully saturated rings. The van der Waals surface area contributed by atoms with Crippen molar-refractivity contribution in [2.75, 3.05) is 12.0 Å². The Kier molecular flexibility index (Phi) is 7.99. The SMILES string of the molecule is C=CCC1(CCC(=O)CS(=C)(C)=O)OCc2cc(C3=NOC(c4cc(Cl)c(F)c(Cl)c4)(C(F)(F)F)C3)ccc21. The first kappa shape index (κ1) is 29.6. The number of ketones is 1. The summed E-state index contributed by atoms with van der Waals surface area (Å²) in [4.78, 5) is 17.4. The fraction of sp³-hybridized carbons (Fsp3) is 0.370. The van der Waals surface area contributed by atoms with E-state index in [1.165, 1.54) is 6.26 Å². The van der Waals surface area contributed by atoms with Crippen LogP contribution < -0.4 is 0 Å². The first-order valence-corrected chi connectivity index (χ1v) is 14.8. The molecule has 2 aromatic carbocycles. The van der Waals surface area contributed by atoms with Gasteiger partial charge in [0.05, 0.1) is 33.7 Å². The highest BCUT2D eigenvalue weighted by Crippen LogP contribution is 2.50. The van der Waals surface area contributed by atoms with Gasteiger partial charge in [-0.25, -0.2) is 4.39 Å². The Morgan fingerprint density at radius 3 is 2.49 bits per heavy atom. The summed E-state index contributed by atoms with van der Waals surface area (Å²) < 4.78 is 75.0. The molecule has 3 atom stereocenters. The Hall–Kier alpha value is -2.40. The van der Waals surface area contributed by atoms with Crippen molar-refractivity contribution in [2.45, 2.75) is 49.7 Å². The largest absolute Gasteiger partial charge is 0.435 e. The number of carbonyl (C=O) groups excluding carboxylic acids is 1. The molecule has 2 aliphatic rings. The summed E-state index contributed by atoms with van der Waals surface area (Å²) in [6, 6.07) is 6.69. The summed E-state index contributed by atoms with van der Waals surface area (Å²) in [5.74, 6) is 2.16. The molecular weight excluding hydrogens is 581 g/mol. The minimum absolute atomic E-state index is 0.0243. The Balaban J connectivity index is 1.62. The molecule has 0 bridgehead atoms. The Bertz CT molecular complexity index is 1450. The minimum atomic E-state index is -4.93. The van der Waals surface area contributed by atoms with Crippen molar-refractivity contribution < 1.29 is 36.1 Å². The predicted octanol–water partition coefficient (Wildman–Crippen LogP) is 6.71. The van der Waals surface area contributed by atoms with Crippen LogP contribution in [0.3, 0.4) is 0 Å². The summed E-state index contributed by atoms with van der Waals surface area (Å²) in [6.45, 7) is 3.95. The van der Waals surface area contributed by atoms with Crippen LogP contribution >= 0.6 is 23.2 Å². The van der Waals surface area contributed by atoms with Crippen LogP contribution in [-0.2, 0) is 41.7 Å². The van der Waals surface area contributed by atoms with E-state index in [1.807, 2.05) is 0 Å². The van der Waals surface area contributed by atoms with Gasteiger partial charge in [0.25, 0.3) is 5.60 Å². The third-order valence-electron chi connectivity index (χ3n) is 6.82. The highest BCUT2D eigenvalue weighted by Gasteiger charge is 2.62. The highest BCUT2D eigenvalue weighted by atomic mass is 35.5. The third-order valence-corrected chi connectivity index (χ3v) is 8.30. The van der Waals surface area contributed by atoms with Crippen LogP contribution in [0.15, 0.2) is 48.1 Å². The number of nitrogens with zero attached hydrogens (tertiary/aromatic N) is 1. The lowest BCUT2D eigenvalue weighted by atomic mass is 9.83. The second-order valence-corrected chi connectivity index (χ2v) is 13.4. The van der Waals surface area contributed by atoms with Crippen molar-refractivity contribution in [1.29, 1.82) is 0 Å². The second-order valence-electron chi connectivity index (χ2n) is 9.90. The van der Waals surface area contributed by atoms with Gasteiger partial charge in [-0.05, 0) is 63.1 Å². The first-order chi connectivity index (χ1) is 18.1. The van der Waals surface area contributed by atoms with Gasteiger partial charge in [-0.15, -0.1) is 6.58 Å². The molecule has 0 saturated carbocycles. The molecule has 0 saturated heterocycles. The number of rotatable bonds is 9. The number of Topliss-reactive ketones (excluding diaryl/α,β-unsaturated/α-hetero) is 1. The zero-order valence-corrected chi connectivity index (χ0v) is 23.2. The Morgan fingerprint density at radius 2 is 1.90 bits per heavy atom. The second kappa shape index (κ2) is 10.5. The van der Waals surface area contributed by atoms with Crippen LogP contribution in [-0.4, -0.2) is 39.8 Å². The fourth-order valence-corrected chi connectivity index (χ4v) is 6.26. The van der Waals surface area contributed by atoms with E-state index in [0.717, 1.165) is 23.3 Å². The van der Waals surface area contributed by atoms with Crippen LogP contribution in [0.5, 0.6) is 0 Å². The maximum atomic E-state index is 14.4. The van der Waals surface area contributed by atoms with Gasteiger partial charge in [0.1, 0.15) is 5.78 Å². The molecule has 0 amide bonds. The lowest BCUT2D eigenvalue weighted by Gasteiger charge is -2.30. The molecule has 3 unspecified atom stereocenters. The molecule has 210 valence electrons. The van der Waals surface area contributed by atoms with Gasteiger partial charge in [-0.1, -0.05) is 46.6 Å². The van der Waals surface area contributed by atoms with E-state index in [2.05, 4.69) is 17.6 Å². The van der Waals surface area contributed by atoms with Crippen LogP contribution in [0, 0.1) is 5.82 Å². The average molecular weight is 606 g/mol. The van der Waals surface area contributed by atoms with Crippen LogP contribution in [0.25, 0.3) is 0 Å². The van der Waals surface area contributed by atoms with Gasteiger partial charge in [0.15, 0.2) is 5.82 Å². The van der Waals surface area contributed by atoms with Crippen LogP contribution in [0.4, 0.5) is 17.6 Å². The number of halogens is 6. The normalized spacial score (nSPS) is 24.0. The number of hydrogen-bond donors (Lipinski definition) is 0. The Labute approximate surface area is 233 Å². The van der Waals surface area contributed by atoms with Crippen molar-refractivity contribution in [2.24, 2.45) is 5.16 Å². The van der Waals surface area contributed by atoms with E-state index < -0.39 is 54.7 Å². The monoisotopic (exact) mass is 605 g/mol. The van der Waals surface area contributed by atoms with Crippen molar-refractivity contribution in [3.8, 4) is 0 Å². The van der Waals surface area contributed by atoms with Crippen molar-refractivity contribution in [3.05, 3.63) is 81.1 Å². The van der Waals surface area contributed by atoms with Gasteiger partial charge < -0.3 is 9.57 Å². The van der Waals surface area contributed by atoms with Gasteiger partial charge >= 0.3 is 6.18 Å². The lowest BCUT2D eigenvalue weighted by molar-refractivity contribution is -0.275. The number of carbonyl (C=O) groups is 1. The van der Waals surface area contributed by atoms with Gasteiger partial charge in [-0.2, -0.15) is 13.2 Å². The molecule has 0 aliphatic carbocycles. The van der Waals surface area contributed by atoms with Gasteiger partial charge in [0, 0.05) is 24.7 Å². The Morgan fingerprint density at radius 1 is 1.23 bits per heavy atom. The van der Waals surface area contributed by atoms with E-state index in [0.29, 0.717) is 18.4 Å². The molecule has 2 heterocycles. The molecule has 0 radical (unpaired) electrons. The van der Waals surface area contributed by atoms with Crippen molar-refractivity contribution in [1.82, 2.24) is 0 Å². The molecule has 12 heteroatoms. The number of hydrogen-bond acceptors (Lipinski definition) is 5. The number of ether oxygens (including phenoxy) is 1. The van der Waals surface area contributed by atoms with E-state index in [4.69, 9.17) is 32.8 Å². The molecule has 39 heavy (non-hydrogen) atoms. The van der Waals surface area contributed by atoms with Gasteiger partial charge in [-0.3, -0.25) is 9.00 Å². The van der Waals surface area contributed by atoms with Gasteiger partial charge in [0.2, 0.25) is 0 Å². The zero-order chi connectivity index (χ0) is 28.8. The summed E-state index contributed by atoms with van der Waals surface area (Å²) in [7, 11) is -2.47. The van der Waals surface area contributed by atoms with E-state index in [-0.39, 0.29) is 30.3 Å². The third kappa shape index (κ3) is 5.75. The molecule has 5 nitrogen and oxygen atoms in total. The zero-order valence-electron chi connectivity index (χ0n) is 20.9. The number of alkyl halides is 3. The predicted molar refractivity (Wildman–Crippen MR) is 144 cm³/mol. The molecule has 0 spiro atoms. The maximum absolute atomic E-state index is 14.4. The van der Waals surface area contributed by atoms with Crippen LogP contribution in [0.1, 0.15) is 47.9 Å². The lowest BCUT2D eigenvalue weighted by Crippen LogP contribution is -2.42. The minimum Gasteiger partial charge on any atom is -0.374 e. The summed E-state index contributed by atoms with van der Waals surface area (Å²) in [6.07, 6.45) is -1.70. The van der Waals surface area contributed by atoms with Crippen LogP contribution in [0.2, 0.25) is 10.0 Å². The quantitative estimate of drug-likeness (QED) is 0.138. The fourth-order valence-electron chi connectivity index (χ4n) is 4.94. The van der Waals surface area contributed by atoms with E-state index >= 15 is 0 Å². The number of benzene rings is 2. The maximum Gasteiger partial charge on any atom is 0.435 e. The molecule has 0 aromatic heterocycles. The number of oxime groups is 1. The van der Waals surface area contributed by atoms with E-state index in [1.54, 1.807) is 24.3 Å². The molecule has 0 N–H and O–H groups in total. The first-order valence-electron chi connectivity index (χ1n) is 11.8. The van der Waals surface area contributed by atoms with Crippen molar-refractivity contribution in [3.63, 3.8) is 0 Å². The summed E-state index contributed by atoms with van der Waals surface area (Å²) in [5.41, 5.74) is -2.32. The highest BCUT2D eigenvalue weighted by molar-refractivity contribution is 8.00. The van der Waals surface area contributed by atoms with Crippen molar-refractivity contribution >= 4 is 50.1 Å². The number of fused-ring (bicyclic) bond motifs is 1. The smallest absolute Gasteiger partial charge is 0.374 e. The average Bonchev–Trinajstić information content (AvgIpc) is 3.44. The van der Waals surface area contributed by atoms with E-state index in [9.17, 15) is 26.6 Å². The standard InChI is InChI=1S/C27H25Cl2F4NO4S/c1-4-8-25(9-7-19(35)15-39(2,3)36)20-6-5-16(10-17(20)14-37-25)23-13-26(38-34-23,27(31,32)33)18-11-21(28)24(30)22(29)12-18/h4-6,10-12H,1-2,7-9,13-15H2,3H3. The molecule has 2 aromatic rings.